The summed E-state index contributed by atoms with van der Waals surface area (Å²) in [5.41, 5.74) is 0.993. The molecule has 0 fully saturated rings. The van der Waals surface area contributed by atoms with Gasteiger partial charge < -0.3 is 23.7 Å². The van der Waals surface area contributed by atoms with Gasteiger partial charge >= 0.3 is 17.9 Å². The largest absolute Gasteiger partial charge is 0.493 e. The van der Waals surface area contributed by atoms with E-state index in [4.69, 9.17) is 35.3 Å². The van der Waals surface area contributed by atoms with Crippen LogP contribution in [-0.4, -0.2) is 39.2 Å². The average molecular weight is 475 g/mol. The van der Waals surface area contributed by atoms with Crippen LogP contribution in [0.5, 0.6) is 11.5 Å². The highest BCUT2D eigenvalue weighted by Crippen LogP contribution is 2.41. The van der Waals surface area contributed by atoms with Crippen LogP contribution in [0.25, 0.3) is 0 Å². The first-order chi connectivity index (χ1) is 15.8. The van der Waals surface area contributed by atoms with E-state index in [1.165, 1.54) is 28.3 Å². The minimum absolute atomic E-state index is 0.0166. The number of rotatable bonds is 7. The number of benzene rings is 2. The summed E-state index contributed by atoms with van der Waals surface area (Å²) in [4.78, 5) is 38.8. The van der Waals surface area contributed by atoms with Crippen molar-refractivity contribution >= 4 is 29.5 Å². The Morgan fingerprint density at radius 2 is 1.67 bits per heavy atom. The van der Waals surface area contributed by atoms with E-state index in [0.717, 1.165) is 0 Å². The van der Waals surface area contributed by atoms with Crippen molar-refractivity contribution in [3.63, 3.8) is 0 Å². The van der Waals surface area contributed by atoms with Crippen LogP contribution in [0, 0.1) is 5.92 Å². The van der Waals surface area contributed by atoms with Crippen molar-refractivity contribution in [2.45, 2.75) is 19.4 Å². The van der Waals surface area contributed by atoms with E-state index in [1.807, 2.05) is 0 Å². The quantitative estimate of drug-likeness (QED) is 0.441. The van der Waals surface area contributed by atoms with Gasteiger partial charge in [-0.25, -0.2) is 4.79 Å². The van der Waals surface area contributed by atoms with Gasteiger partial charge in [-0.3, -0.25) is 9.59 Å². The Kier molecular flexibility index (Phi) is 7.60. The Hall–Kier alpha value is -3.52. The van der Waals surface area contributed by atoms with Crippen molar-refractivity contribution < 1.29 is 38.1 Å². The third kappa shape index (κ3) is 5.12. The molecule has 174 valence electrons. The third-order valence-electron chi connectivity index (χ3n) is 5.25. The van der Waals surface area contributed by atoms with E-state index in [1.54, 1.807) is 42.5 Å². The number of allylic oxidation sites excluding steroid dienone is 1. The molecule has 0 unspecified atom stereocenters. The summed E-state index contributed by atoms with van der Waals surface area (Å²) in [5, 5.41) is 0.542. The zero-order valence-corrected chi connectivity index (χ0v) is 19.3. The Morgan fingerprint density at radius 1 is 1.00 bits per heavy atom. The minimum Gasteiger partial charge on any atom is -0.493 e. The fraction of sp³-hybridized carbons (Fsp3) is 0.292. The molecule has 2 aromatic rings. The smallest absolute Gasteiger partial charge is 0.338 e. The van der Waals surface area contributed by atoms with Gasteiger partial charge in [-0.2, -0.15) is 0 Å². The molecule has 8 nitrogen and oxygen atoms in total. The van der Waals surface area contributed by atoms with Gasteiger partial charge in [-0.15, -0.1) is 0 Å². The minimum atomic E-state index is -1.29. The number of hydrogen-bond donors (Lipinski definition) is 0. The van der Waals surface area contributed by atoms with Crippen LogP contribution in [0.1, 0.15) is 24.0 Å². The molecule has 0 radical (unpaired) electrons. The highest BCUT2D eigenvalue weighted by molar-refractivity contribution is 6.30. The first-order valence-corrected chi connectivity index (χ1v) is 10.3. The molecule has 3 rings (SSSR count). The predicted molar refractivity (Wildman–Crippen MR) is 118 cm³/mol. The highest BCUT2D eigenvalue weighted by atomic mass is 35.5. The van der Waals surface area contributed by atoms with Crippen molar-refractivity contribution in [1.29, 1.82) is 0 Å². The Bertz CT molecular complexity index is 1090. The number of ether oxygens (including phenoxy) is 5. The zero-order valence-electron chi connectivity index (χ0n) is 18.5. The molecular formula is C24H23ClO8. The predicted octanol–water partition coefficient (Wildman–Crippen LogP) is 3.80. The van der Waals surface area contributed by atoms with Crippen LogP contribution in [-0.2, 0) is 35.2 Å². The normalized spacial score (nSPS) is 17.8. The summed E-state index contributed by atoms with van der Waals surface area (Å²) >= 11 is 5.90. The van der Waals surface area contributed by atoms with E-state index in [9.17, 15) is 14.4 Å². The molecule has 0 aromatic heterocycles. The molecule has 1 aliphatic heterocycles. The van der Waals surface area contributed by atoms with Crippen molar-refractivity contribution in [3.8, 4) is 11.5 Å². The number of carbonyl (C=O) groups is 3. The van der Waals surface area contributed by atoms with Crippen molar-refractivity contribution in [2.75, 3.05) is 21.3 Å². The van der Waals surface area contributed by atoms with Gasteiger partial charge in [0.1, 0.15) is 24.2 Å². The molecule has 0 aliphatic carbocycles. The van der Waals surface area contributed by atoms with Gasteiger partial charge in [0, 0.05) is 5.02 Å². The monoisotopic (exact) mass is 474 g/mol. The van der Waals surface area contributed by atoms with Gasteiger partial charge in [0.05, 0.1) is 26.9 Å². The van der Waals surface area contributed by atoms with Crippen LogP contribution in [0.4, 0.5) is 0 Å². The Labute approximate surface area is 196 Å². The van der Waals surface area contributed by atoms with Gasteiger partial charge in [-0.1, -0.05) is 29.8 Å². The maximum Gasteiger partial charge on any atom is 0.338 e. The topological polar surface area (TPSA) is 97.4 Å². The lowest BCUT2D eigenvalue weighted by Gasteiger charge is -2.31. The number of halogens is 1. The third-order valence-corrected chi connectivity index (χ3v) is 5.50. The first kappa shape index (κ1) is 24.1. The lowest BCUT2D eigenvalue weighted by atomic mass is 9.79. The van der Waals surface area contributed by atoms with Crippen molar-refractivity contribution in [2.24, 2.45) is 5.92 Å². The van der Waals surface area contributed by atoms with E-state index >= 15 is 0 Å². The molecule has 2 atom stereocenters. The fourth-order valence-electron chi connectivity index (χ4n) is 3.63. The second kappa shape index (κ2) is 10.4. The zero-order chi connectivity index (χ0) is 24.1. The van der Waals surface area contributed by atoms with Crippen LogP contribution in [0.2, 0.25) is 5.02 Å². The van der Waals surface area contributed by atoms with Gasteiger partial charge in [-0.05, 0) is 42.3 Å². The Morgan fingerprint density at radius 3 is 2.27 bits per heavy atom. The van der Waals surface area contributed by atoms with Gasteiger partial charge in [0.2, 0.25) is 0 Å². The molecule has 33 heavy (non-hydrogen) atoms. The molecule has 0 saturated carbocycles. The number of methoxy groups -OCH3 is 3. The second-order valence-corrected chi connectivity index (χ2v) is 7.62. The molecule has 1 heterocycles. The van der Waals surface area contributed by atoms with E-state index in [-0.39, 0.29) is 17.9 Å². The summed E-state index contributed by atoms with van der Waals surface area (Å²) in [6.07, 6.45) is 0. The van der Waals surface area contributed by atoms with Crippen molar-refractivity contribution in [3.05, 3.63) is 69.9 Å². The summed E-state index contributed by atoms with van der Waals surface area (Å²) in [5.74, 6) is -3.96. The number of hydrogen-bond acceptors (Lipinski definition) is 8. The van der Waals surface area contributed by atoms with Crippen LogP contribution in [0.15, 0.2) is 53.8 Å². The van der Waals surface area contributed by atoms with Crippen LogP contribution >= 0.6 is 11.6 Å². The molecule has 1 aliphatic rings. The standard InChI is InChI=1S/C24H23ClO8/c1-13-19(22(26)31-4)21(23(27)32-12-14-5-8-16(25)9-6-14)20(24(28)33-13)15-7-10-17(29-2)18(11-15)30-3/h5-11,20-21H,12H2,1-4H3/t20-,21+/m1/s1. The number of cyclic esters (lactones) is 1. The van der Waals surface area contributed by atoms with Crippen LogP contribution < -0.4 is 9.47 Å². The highest BCUT2D eigenvalue weighted by Gasteiger charge is 2.47. The van der Waals surface area contributed by atoms with E-state index in [2.05, 4.69) is 0 Å². The summed E-state index contributed by atoms with van der Waals surface area (Å²) in [6.45, 7) is 1.35. The number of carbonyl (C=O) groups excluding carboxylic acids is 3. The molecule has 9 heteroatoms. The lowest BCUT2D eigenvalue weighted by Crippen LogP contribution is -2.39. The van der Waals surface area contributed by atoms with Crippen LogP contribution in [0.3, 0.4) is 0 Å². The number of esters is 3. The molecule has 0 spiro atoms. The SMILES string of the molecule is COC(=O)C1=C(C)OC(=O)[C@H](c2ccc(OC)c(OC)c2)[C@H]1C(=O)OCc1ccc(Cl)cc1. The summed E-state index contributed by atoms with van der Waals surface area (Å²) in [7, 11) is 4.11. The summed E-state index contributed by atoms with van der Waals surface area (Å²) < 4.78 is 26.2. The van der Waals surface area contributed by atoms with Gasteiger partial charge in [0.25, 0.3) is 0 Å². The maximum absolute atomic E-state index is 13.3. The Balaban J connectivity index is 2.02. The lowest BCUT2D eigenvalue weighted by molar-refractivity contribution is -0.159. The second-order valence-electron chi connectivity index (χ2n) is 7.19. The fourth-order valence-corrected chi connectivity index (χ4v) is 3.75. The molecule has 0 saturated heterocycles. The maximum atomic E-state index is 13.3. The molecule has 0 bridgehead atoms. The average Bonchev–Trinajstić information content (AvgIpc) is 2.82. The van der Waals surface area contributed by atoms with E-state index < -0.39 is 29.7 Å². The first-order valence-electron chi connectivity index (χ1n) is 9.94. The molecule has 0 N–H and O–H groups in total. The molecule has 0 amide bonds. The summed E-state index contributed by atoms with van der Waals surface area (Å²) in [6, 6.07) is 11.5. The molecular weight excluding hydrogens is 452 g/mol. The molecule has 2 aromatic carbocycles. The van der Waals surface area contributed by atoms with Gasteiger partial charge in [0.15, 0.2) is 11.5 Å². The van der Waals surface area contributed by atoms with Crippen molar-refractivity contribution in [1.82, 2.24) is 0 Å². The van der Waals surface area contributed by atoms with E-state index in [0.29, 0.717) is 27.6 Å².